The molecule has 23 atom stereocenters. The fourth-order valence-corrected chi connectivity index (χ4v) is 9.77. The first-order valence-corrected chi connectivity index (χ1v) is 26.2. The van der Waals surface area contributed by atoms with Crippen LogP contribution in [0.15, 0.2) is 85.1 Å². The Bertz CT molecular complexity index is 2030. The lowest BCUT2D eigenvalue weighted by Gasteiger charge is -2.46. The number of hydrogen-bond acceptors (Lipinski definition) is 22. The highest BCUT2D eigenvalue weighted by atomic mass is 16.7. The number of nitrogens with two attached hydrogens (primary N) is 1. The van der Waals surface area contributed by atoms with Crippen LogP contribution in [-0.4, -0.2) is 218 Å². The Morgan fingerprint density at radius 1 is 0.649 bits per heavy atom. The molecule has 77 heavy (non-hydrogen) atoms. The summed E-state index contributed by atoms with van der Waals surface area (Å²) in [5.74, 6) is -6.79. The molecule has 4 heterocycles. The van der Waals surface area contributed by atoms with E-state index in [4.69, 9.17) is 34.2 Å². The Kier molecular flexibility index (Phi) is 26.4. The molecule has 3 saturated heterocycles. The second-order valence-electron chi connectivity index (χ2n) is 21.2. The van der Waals surface area contributed by atoms with E-state index < -0.39 is 190 Å². The number of aliphatic hydroxyl groups is 13. The SMILES string of the molecule is C[C@@H]1OC(=O)C[C@H](O)C[C@H](O)CC[C@@H](O)[C@H](O)C[C@H](O)C[C@]2(O)C[C@H](O)[C@@H](C(=O)O)[C@H](C[C@@H](O[C@@H]3O[C@H](C)[C@@H](O)[C@H](N)[C@@H]3O)/C=C/C=C/C=C/C=C/C=C/C=C/C=C/[C@H](C)[C@@H](OC3O[C@H](CO)[C@@H](O)[C@H](O)[C@@H]3O)C1(C)C)O2. The quantitative estimate of drug-likeness (QED) is 0.141. The van der Waals surface area contributed by atoms with Gasteiger partial charge in [-0.1, -0.05) is 106 Å². The van der Waals surface area contributed by atoms with Crippen molar-refractivity contribution in [3.63, 3.8) is 0 Å². The molecule has 0 amide bonds. The van der Waals surface area contributed by atoms with Crippen LogP contribution in [0.3, 0.4) is 0 Å². The number of ether oxygens (including phenoxy) is 6. The van der Waals surface area contributed by atoms with Crippen molar-refractivity contribution >= 4 is 11.9 Å². The average Bonchev–Trinajstić information content (AvgIpc) is 3.34. The molecule has 0 aromatic heterocycles. The summed E-state index contributed by atoms with van der Waals surface area (Å²) in [6.45, 7) is 7.67. The molecule has 1 unspecified atom stereocenters. The standard InChI is InChI=1S/C54H85NO22/c1-29-18-16-14-12-10-8-6-7-9-11-13-15-17-19-35(74-51-46(66)43(55)44(64)30(2)72-51)25-39-42(50(69)70)38(62)27-54(71,77-39)26-34(59)23-37(61)36(60)21-20-32(57)22-33(58)24-41(63)73-31(3)53(4,5)49(29)76-52-48(68)47(67)45(65)40(28-56)75-52/h6-19,29-40,42-49,51-52,56-62,64-68,71H,20-28,55H2,1-5H3,(H,69,70)/b7-6+,10-8+,11-9+,14-12+,15-13+,18-16+,19-17+/t29-,30+,31-,32+,33+,34-,35-,36+,37+,38-,39-,40+,42+,43-,44+,45+,46-,47-,48-,49+,51-,52?,54+/m0/s1. The maximum Gasteiger partial charge on any atom is 0.311 e. The van der Waals surface area contributed by atoms with Crippen LogP contribution in [0.1, 0.15) is 86.0 Å². The molecule has 0 aromatic rings. The van der Waals surface area contributed by atoms with E-state index >= 15 is 0 Å². The maximum atomic E-state index is 13.2. The van der Waals surface area contributed by atoms with Gasteiger partial charge in [-0.25, -0.2) is 0 Å². The summed E-state index contributed by atoms with van der Waals surface area (Å²) in [6, 6.07) is -1.18. The summed E-state index contributed by atoms with van der Waals surface area (Å²) in [4.78, 5) is 25.8. The summed E-state index contributed by atoms with van der Waals surface area (Å²) in [6.07, 6.45) is -6.31. The molecule has 3 fully saturated rings. The molecule has 0 radical (unpaired) electrons. The van der Waals surface area contributed by atoms with Gasteiger partial charge in [0.15, 0.2) is 18.4 Å². The minimum Gasteiger partial charge on any atom is -0.481 e. The molecule has 438 valence electrons. The monoisotopic (exact) mass is 1100 g/mol. The van der Waals surface area contributed by atoms with Crippen molar-refractivity contribution in [1.82, 2.24) is 0 Å². The molecule has 4 aliphatic rings. The topological polar surface area (TPSA) is 399 Å². The Hall–Kier alpha value is -3.64. The molecule has 23 nitrogen and oxygen atoms in total. The number of rotatable bonds is 6. The molecule has 0 aliphatic carbocycles. The highest BCUT2D eigenvalue weighted by Crippen LogP contribution is 2.40. The van der Waals surface area contributed by atoms with Crippen LogP contribution in [-0.2, 0) is 38.0 Å². The first-order valence-electron chi connectivity index (χ1n) is 26.2. The normalized spacial score (nSPS) is 46.0. The number of cyclic esters (lactones) is 1. The number of hydrogen-bond donors (Lipinski definition) is 15. The van der Waals surface area contributed by atoms with Gasteiger partial charge in [0.1, 0.15) is 42.5 Å². The molecule has 2 bridgehead atoms. The number of esters is 1. The summed E-state index contributed by atoms with van der Waals surface area (Å²) >= 11 is 0. The van der Waals surface area contributed by atoms with Crippen LogP contribution < -0.4 is 5.73 Å². The van der Waals surface area contributed by atoms with Gasteiger partial charge >= 0.3 is 11.9 Å². The van der Waals surface area contributed by atoms with Gasteiger partial charge in [-0.05, 0) is 33.1 Å². The van der Waals surface area contributed by atoms with Crippen LogP contribution >= 0.6 is 0 Å². The van der Waals surface area contributed by atoms with E-state index in [-0.39, 0.29) is 25.7 Å². The first kappa shape index (κ1) is 65.9. The van der Waals surface area contributed by atoms with Gasteiger partial charge in [-0.3, -0.25) is 9.59 Å². The summed E-state index contributed by atoms with van der Waals surface area (Å²) in [5.41, 5.74) is 4.95. The van der Waals surface area contributed by atoms with E-state index in [1.807, 2.05) is 0 Å². The molecule has 23 heteroatoms. The number of carboxylic acid groups (broad SMARTS) is 1. The predicted octanol–water partition coefficient (Wildman–Crippen LogP) is -1.07. The van der Waals surface area contributed by atoms with Crippen LogP contribution in [0, 0.1) is 17.3 Å². The van der Waals surface area contributed by atoms with E-state index in [0.717, 1.165) is 0 Å². The van der Waals surface area contributed by atoms with Gasteiger partial charge in [0.2, 0.25) is 0 Å². The first-order chi connectivity index (χ1) is 36.2. The van der Waals surface area contributed by atoms with E-state index in [1.54, 1.807) is 107 Å². The van der Waals surface area contributed by atoms with Crippen LogP contribution in [0.5, 0.6) is 0 Å². The highest BCUT2D eigenvalue weighted by molar-refractivity contribution is 5.71. The number of allylic oxidation sites excluding steroid dienone is 12. The average molecular weight is 1100 g/mol. The smallest absolute Gasteiger partial charge is 0.311 e. The molecular weight excluding hydrogens is 1010 g/mol. The zero-order valence-electron chi connectivity index (χ0n) is 44.3. The minimum absolute atomic E-state index is 0.176. The maximum absolute atomic E-state index is 13.2. The number of aliphatic carboxylic acids is 1. The van der Waals surface area contributed by atoms with Gasteiger partial charge < -0.3 is 106 Å². The van der Waals surface area contributed by atoms with Crippen LogP contribution in [0.4, 0.5) is 0 Å². The zero-order valence-corrected chi connectivity index (χ0v) is 44.3. The zero-order chi connectivity index (χ0) is 57.4. The Morgan fingerprint density at radius 2 is 1.22 bits per heavy atom. The van der Waals surface area contributed by atoms with Crippen molar-refractivity contribution in [3.8, 4) is 0 Å². The van der Waals surface area contributed by atoms with Gasteiger partial charge in [0, 0.05) is 37.0 Å². The van der Waals surface area contributed by atoms with Crippen molar-refractivity contribution in [2.24, 2.45) is 23.0 Å². The summed E-state index contributed by atoms with van der Waals surface area (Å²) < 4.78 is 35.5. The molecule has 0 saturated carbocycles. The second kappa shape index (κ2) is 30.8. The molecular formula is C54H85NO22. The highest BCUT2D eigenvalue weighted by Gasteiger charge is 2.52. The fourth-order valence-electron chi connectivity index (χ4n) is 9.77. The summed E-state index contributed by atoms with van der Waals surface area (Å²) in [5, 5.41) is 150. The number of aliphatic hydroxyl groups excluding tert-OH is 12. The van der Waals surface area contributed by atoms with Crippen LogP contribution in [0.25, 0.3) is 0 Å². The number of fused-ring (bicyclic) bond motifs is 2. The minimum atomic E-state index is -2.37. The van der Waals surface area contributed by atoms with Gasteiger partial charge in [0.25, 0.3) is 0 Å². The molecule has 0 spiro atoms. The van der Waals surface area contributed by atoms with Crippen molar-refractivity contribution in [2.45, 2.75) is 214 Å². The van der Waals surface area contributed by atoms with E-state index in [2.05, 4.69) is 0 Å². The summed E-state index contributed by atoms with van der Waals surface area (Å²) in [7, 11) is 0. The lowest BCUT2D eigenvalue weighted by molar-refractivity contribution is -0.324. The predicted molar refractivity (Wildman–Crippen MR) is 274 cm³/mol. The van der Waals surface area contributed by atoms with Gasteiger partial charge in [-0.2, -0.15) is 0 Å². The van der Waals surface area contributed by atoms with Crippen LogP contribution in [0.2, 0.25) is 0 Å². The fraction of sp³-hybridized carbons (Fsp3) is 0.704. The second-order valence-corrected chi connectivity index (χ2v) is 21.2. The third-order valence-corrected chi connectivity index (χ3v) is 14.6. The van der Waals surface area contributed by atoms with Gasteiger partial charge in [0.05, 0.1) is 86.2 Å². The Morgan fingerprint density at radius 3 is 1.81 bits per heavy atom. The van der Waals surface area contributed by atoms with E-state index in [0.29, 0.717) is 0 Å². The molecule has 0 aromatic carbocycles. The molecule has 16 N–H and O–H groups in total. The third kappa shape index (κ3) is 19.6. The van der Waals surface area contributed by atoms with Gasteiger partial charge in [-0.15, -0.1) is 0 Å². The van der Waals surface area contributed by atoms with Crippen molar-refractivity contribution in [1.29, 1.82) is 0 Å². The lowest BCUT2D eigenvalue weighted by Crippen LogP contribution is -2.61. The number of carbonyl (C=O) groups excluding carboxylic acids is 1. The van der Waals surface area contributed by atoms with Crippen molar-refractivity contribution in [2.75, 3.05) is 6.61 Å². The number of carbonyl (C=O) groups is 2. The van der Waals surface area contributed by atoms with E-state index in [9.17, 15) is 81.1 Å². The molecule has 4 aliphatic heterocycles. The lowest BCUT2D eigenvalue weighted by atomic mass is 9.75. The third-order valence-electron chi connectivity index (χ3n) is 14.6. The Labute approximate surface area is 449 Å². The Balaban J connectivity index is 1.61. The molecule has 4 rings (SSSR count). The van der Waals surface area contributed by atoms with E-state index in [1.165, 1.54) is 13.0 Å². The number of carboxylic acids is 1. The van der Waals surface area contributed by atoms with Crippen molar-refractivity contribution in [3.05, 3.63) is 85.1 Å². The van der Waals surface area contributed by atoms with Crippen molar-refractivity contribution < 1.29 is 110 Å². The largest absolute Gasteiger partial charge is 0.481 e.